The molecular weight excluding hydrogens is 290 g/mol. The average Bonchev–Trinajstić information content (AvgIpc) is 2.41. The van der Waals surface area contributed by atoms with Crippen LogP contribution in [0.1, 0.15) is 26.2 Å². The Balaban J connectivity index is 1.99. The van der Waals surface area contributed by atoms with Crippen LogP contribution in [-0.4, -0.2) is 38.4 Å². The lowest BCUT2D eigenvalue weighted by Crippen LogP contribution is -2.42. The van der Waals surface area contributed by atoms with Crippen molar-refractivity contribution in [2.45, 2.75) is 37.1 Å². The van der Waals surface area contributed by atoms with E-state index in [1.807, 2.05) is 0 Å². The van der Waals surface area contributed by atoms with Crippen LogP contribution in [0.5, 0.6) is 0 Å². The van der Waals surface area contributed by atoms with E-state index >= 15 is 0 Å². The first-order valence-corrected chi connectivity index (χ1v) is 8.57. The standard InChI is InChI=1S/C14H21N3O3S/c1-11-5-2-3-8-17(11)10-14(18)16-12-6-4-7-13(9-12)21(15,19)20/h4,6-7,9,11H,2-3,5,8,10H2,1H3,(H,16,18)(H2,15,19,20)/t11-/m0/s1. The fourth-order valence-electron chi connectivity index (χ4n) is 2.53. The van der Waals surface area contributed by atoms with Crippen molar-refractivity contribution in [3.63, 3.8) is 0 Å². The number of hydrogen-bond acceptors (Lipinski definition) is 4. The highest BCUT2D eigenvalue weighted by Gasteiger charge is 2.20. The van der Waals surface area contributed by atoms with E-state index < -0.39 is 10.0 Å². The van der Waals surface area contributed by atoms with E-state index in [1.54, 1.807) is 12.1 Å². The minimum absolute atomic E-state index is 0.00774. The summed E-state index contributed by atoms with van der Waals surface area (Å²) in [6.07, 6.45) is 3.42. The van der Waals surface area contributed by atoms with Crippen LogP contribution < -0.4 is 10.5 Å². The highest BCUT2D eigenvalue weighted by molar-refractivity contribution is 7.89. The molecule has 0 radical (unpaired) electrons. The number of carbonyl (C=O) groups is 1. The van der Waals surface area contributed by atoms with Crippen molar-refractivity contribution in [1.82, 2.24) is 4.90 Å². The number of hydrogen-bond donors (Lipinski definition) is 2. The van der Waals surface area contributed by atoms with Gasteiger partial charge in [-0.2, -0.15) is 0 Å². The van der Waals surface area contributed by atoms with E-state index in [0.29, 0.717) is 18.3 Å². The first-order valence-electron chi connectivity index (χ1n) is 7.03. The van der Waals surface area contributed by atoms with Crippen LogP contribution in [0.3, 0.4) is 0 Å². The van der Waals surface area contributed by atoms with Crippen molar-refractivity contribution in [1.29, 1.82) is 0 Å². The molecule has 0 saturated carbocycles. The van der Waals surface area contributed by atoms with Crippen molar-refractivity contribution in [2.24, 2.45) is 5.14 Å². The van der Waals surface area contributed by atoms with Crippen LogP contribution in [0.25, 0.3) is 0 Å². The Bertz CT molecular complexity index is 616. The number of primary sulfonamides is 1. The van der Waals surface area contributed by atoms with Gasteiger partial charge in [-0.25, -0.2) is 13.6 Å². The lowest BCUT2D eigenvalue weighted by Gasteiger charge is -2.32. The van der Waals surface area contributed by atoms with Gasteiger partial charge in [0, 0.05) is 11.7 Å². The van der Waals surface area contributed by atoms with Gasteiger partial charge in [0.25, 0.3) is 0 Å². The maximum absolute atomic E-state index is 12.1. The van der Waals surface area contributed by atoms with Crippen LogP contribution >= 0.6 is 0 Å². The van der Waals surface area contributed by atoms with E-state index in [1.165, 1.54) is 18.6 Å². The zero-order valence-corrected chi connectivity index (χ0v) is 12.9. The van der Waals surface area contributed by atoms with Gasteiger partial charge in [0.05, 0.1) is 11.4 Å². The summed E-state index contributed by atoms with van der Waals surface area (Å²) in [6, 6.07) is 6.37. The summed E-state index contributed by atoms with van der Waals surface area (Å²) >= 11 is 0. The summed E-state index contributed by atoms with van der Waals surface area (Å²) in [6.45, 7) is 3.36. The van der Waals surface area contributed by atoms with Gasteiger partial charge in [0.15, 0.2) is 0 Å². The highest BCUT2D eigenvalue weighted by atomic mass is 32.2. The molecule has 1 atom stereocenters. The third-order valence-electron chi connectivity index (χ3n) is 3.73. The maximum Gasteiger partial charge on any atom is 0.238 e. The Kier molecular flexibility index (Phi) is 4.97. The minimum atomic E-state index is -3.76. The smallest absolute Gasteiger partial charge is 0.238 e. The third kappa shape index (κ3) is 4.52. The third-order valence-corrected chi connectivity index (χ3v) is 4.64. The molecule has 1 aromatic carbocycles. The molecule has 6 nitrogen and oxygen atoms in total. The van der Waals surface area contributed by atoms with Gasteiger partial charge in [-0.15, -0.1) is 0 Å². The van der Waals surface area contributed by atoms with Crippen molar-refractivity contribution in [2.75, 3.05) is 18.4 Å². The minimum Gasteiger partial charge on any atom is -0.325 e. The Morgan fingerprint density at radius 1 is 1.43 bits per heavy atom. The number of nitrogens with two attached hydrogens (primary N) is 1. The van der Waals surface area contributed by atoms with Gasteiger partial charge in [0.2, 0.25) is 15.9 Å². The molecule has 1 heterocycles. The quantitative estimate of drug-likeness (QED) is 0.872. The maximum atomic E-state index is 12.1. The van der Waals surface area contributed by atoms with Crippen LogP contribution in [0.4, 0.5) is 5.69 Å². The first-order chi connectivity index (χ1) is 9.86. The summed E-state index contributed by atoms with van der Waals surface area (Å²) in [5.74, 6) is -0.143. The molecule has 1 amide bonds. The number of anilines is 1. The second-order valence-corrected chi connectivity index (χ2v) is 7.00. The lowest BCUT2D eigenvalue weighted by atomic mass is 10.0. The number of carbonyl (C=O) groups excluding carboxylic acids is 1. The van der Waals surface area contributed by atoms with Crippen LogP contribution in [0.2, 0.25) is 0 Å². The van der Waals surface area contributed by atoms with Crippen LogP contribution in [0.15, 0.2) is 29.2 Å². The SMILES string of the molecule is C[C@H]1CCCCN1CC(=O)Nc1cccc(S(N)(=O)=O)c1. The zero-order valence-electron chi connectivity index (χ0n) is 12.1. The average molecular weight is 311 g/mol. The Morgan fingerprint density at radius 2 is 2.19 bits per heavy atom. The molecule has 1 aliphatic heterocycles. The van der Waals surface area contributed by atoms with E-state index in [-0.39, 0.29) is 10.8 Å². The van der Waals surface area contributed by atoms with Gasteiger partial charge in [-0.05, 0) is 44.5 Å². The number of likely N-dealkylation sites (tertiary alicyclic amines) is 1. The number of piperidine rings is 1. The van der Waals surface area contributed by atoms with Crippen molar-refractivity contribution in [3.8, 4) is 0 Å². The molecule has 0 aliphatic carbocycles. The largest absolute Gasteiger partial charge is 0.325 e. The van der Waals surface area contributed by atoms with Gasteiger partial charge in [-0.3, -0.25) is 9.69 Å². The number of benzene rings is 1. The molecule has 0 unspecified atom stereocenters. The lowest BCUT2D eigenvalue weighted by molar-refractivity contribution is -0.118. The topological polar surface area (TPSA) is 92.5 Å². The first kappa shape index (κ1) is 15.9. The number of nitrogens with zero attached hydrogens (tertiary/aromatic N) is 1. The predicted molar refractivity (Wildman–Crippen MR) is 81.3 cm³/mol. The molecule has 0 spiro atoms. The Morgan fingerprint density at radius 3 is 2.86 bits per heavy atom. The van der Waals surface area contributed by atoms with E-state index in [2.05, 4.69) is 17.1 Å². The van der Waals surface area contributed by atoms with E-state index in [4.69, 9.17) is 5.14 Å². The molecule has 116 valence electrons. The van der Waals surface area contributed by atoms with Crippen LogP contribution in [-0.2, 0) is 14.8 Å². The molecule has 0 aromatic heterocycles. The summed E-state index contributed by atoms with van der Waals surface area (Å²) in [4.78, 5) is 14.2. The fraction of sp³-hybridized carbons (Fsp3) is 0.500. The van der Waals surface area contributed by atoms with Crippen molar-refractivity contribution < 1.29 is 13.2 Å². The van der Waals surface area contributed by atoms with Crippen molar-refractivity contribution >= 4 is 21.6 Å². The molecule has 2 rings (SSSR count). The molecule has 1 aromatic rings. The van der Waals surface area contributed by atoms with Gasteiger partial charge < -0.3 is 5.32 Å². The zero-order chi connectivity index (χ0) is 15.5. The Hall–Kier alpha value is -1.44. The molecule has 1 fully saturated rings. The second kappa shape index (κ2) is 6.55. The van der Waals surface area contributed by atoms with Gasteiger partial charge in [0.1, 0.15) is 0 Å². The number of sulfonamides is 1. The molecule has 1 aliphatic rings. The number of rotatable bonds is 4. The van der Waals surface area contributed by atoms with E-state index in [0.717, 1.165) is 19.4 Å². The van der Waals surface area contributed by atoms with Gasteiger partial charge in [-0.1, -0.05) is 12.5 Å². The summed E-state index contributed by atoms with van der Waals surface area (Å²) in [5, 5.41) is 7.80. The monoisotopic (exact) mass is 311 g/mol. The molecule has 7 heteroatoms. The van der Waals surface area contributed by atoms with E-state index in [9.17, 15) is 13.2 Å². The number of amides is 1. The molecule has 3 N–H and O–H groups in total. The summed E-state index contributed by atoms with van der Waals surface area (Å²) in [7, 11) is -3.76. The molecule has 21 heavy (non-hydrogen) atoms. The highest BCUT2D eigenvalue weighted by Crippen LogP contribution is 2.17. The predicted octanol–water partition coefficient (Wildman–Crippen LogP) is 1.15. The fourth-order valence-corrected chi connectivity index (χ4v) is 3.09. The second-order valence-electron chi connectivity index (χ2n) is 5.44. The molecule has 0 bridgehead atoms. The Labute approximate surface area is 125 Å². The molecular formula is C14H21N3O3S. The molecule has 1 saturated heterocycles. The summed E-state index contributed by atoms with van der Waals surface area (Å²) in [5.41, 5.74) is 0.441. The van der Waals surface area contributed by atoms with Crippen LogP contribution in [0, 0.1) is 0 Å². The summed E-state index contributed by atoms with van der Waals surface area (Å²) < 4.78 is 22.6. The van der Waals surface area contributed by atoms with Crippen molar-refractivity contribution in [3.05, 3.63) is 24.3 Å². The number of nitrogens with one attached hydrogen (secondary N) is 1. The van der Waals surface area contributed by atoms with Gasteiger partial charge >= 0.3 is 0 Å². The normalized spacial score (nSPS) is 20.2.